The molecule has 132 valence electrons. The van der Waals surface area contributed by atoms with E-state index < -0.39 is 0 Å². The minimum atomic E-state index is 0.865. The molecule has 0 atom stereocenters. The molecule has 0 aliphatic rings. The second-order valence-electron chi connectivity index (χ2n) is 6.42. The van der Waals surface area contributed by atoms with Crippen LogP contribution >= 0.6 is 37.2 Å². The Morgan fingerprint density at radius 1 is 0.720 bits per heavy atom. The van der Waals surface area contributed by atoms with E-state index in [1.165, 1.54) is 33.4 Å². The van der Waals surface area contributed by atoms with E-state index >= 15 is 0 Å². The summed E-state index contributed by atoms with van der Waals surface area (Å²) in [6, 6.07) is 6.49. The monoisotopic (exact) mass is 559 g/mol. The van der Waals surface area contributed by atoms with Gasteiger partial charge in [0.25, 0.3) is 0 Å². The molecule has 1 N–H and O–H groups in total. The molecule has 3 nitrogen and oxygen atoms in total. The first-order chi connectivity index (χ1) is 11.9. The summed E-state index contributed by atoms with van der Waals surface area (Å²) in [7, 11) is 0. The summed E-state index contributed by atoms with van der Waals surface area (Å²) in [5.74, 6) is 0.865. The molecule has 1 heterocycles. The molecular weight excluding hydrogens is 536 g/mol. The number of aryl methyl sites for hydroxylation is 3. The third-order valence-electron chi connectivity index (χ3n) is 4.99. The van der Waals surface area contributed by atoms with E-state index in [1.54, 1.807) is 6.33 Å². The predicted molar refractivity (Wildman–Crippen MR) is 126 cm³/mol. The molecule has 0 fully saturated rings. The van der Waals surface area contributed by atoms with Gasteiger partial charge in [0.05, 0.1) is 5.52 Å². The first-order valence-electron chi connectivity index (χ1n) is 8.09. The maximum Gasteiger partial charge on any atom is 0.141 e. The molecule has 0 saturated heterocycles. The number of halogens is 2. The Hall–Kier alpha value is -0.960. The number of hydrogen-bond donors (Lipinski definition) is 1. The number of hydrogen-bond acceptors (Lipinski definition) is 3. The fourth-order valence-electron chi connectivity index (χ4n) is 2.88. The molecule has 3 rings (SSSR count). The molecule has 0 aliphatic heterocycles. The van der Waals surface area contributed by atoms with Gasteiger partial charge in [-0.2, -0.15) is 0 Å². The minimum absolute atomic E-state index is 0.865. The summed E-state index contributed by atoms with van der Waals surface area (Å²) in [6.45, 7) is 12.9. The number of rotatable bonds is 2. The molecule has 25 heavy (non-hydrogen) atoms. The average molecular weight is 559 g/mol. The van der Waals surface area contributed by atoms with Gasteiger partial charge in [-0.1, -0.05) is 0 Å². The third kappa shape index (κ3) is 4.24. The number of nitrogens with zero attached hydrogens (tertiary/aromatic N) is 2. The fourth-order valence-corrected chi connectivity index (χ4v) is 2.88. The average Bonchev–Trinajstić information content (AvgIpc) is 2.61. The number of anilines is 2. The summed E-state index contributed by atoms with van der Waals surface area (Å²) in [5, 5.41) is 4.58. The van der Waals surface area contributed by atoms with Crippen LogP contribution in [0, 0.1) is 41.5 Å². The van der Waals surface area contributed by atoms with Crippen LogP contribution in [-0.4, -0.2) is 9.97 Å². The van der Waals surface area contributed by atoms with E-state index in [2.05, 4.69) is 112 Å². The van der Waals surface area contributed by atoms with Gasteiger partial charge in [-0.15, -0.1) is 0 Å². The summed E-state index contributed by atoms with van der Waals surface area (Å²) >= 11 is 4.24. The van der Waals surface area contributed by atoms with Crippen LogP contribution in [0.1, 0.15) is 33.4 Å². The first-order valence-corrected chi connectivity index (χ1v) is 14.4. The van der Waals surface area contributed by atoms with E-state index in [0.717, 1.165) is 22.4 Å². The Bertz CT molecular complexity index is 921. The van der Waals surface area contributed by atoms with Crippen molar-refractivity contribution < 1.29 is 0 Å². The van der Waals surface area contributed by atoms with Gasteiger partial charge in [0.1, 0.15) is 12.1 Å². The largest absolute Gasteiger partial charge is 0.339 e. The molecule has 5 heteroatoms. The zero-order chi connectivity index (χ0) is 18.7. The highest BCUT2D eigenvalue weighted by Crippen LogP contribution is 2.30. The smallest absolute Gasteiger partial charge is 0.141 e. The van der Waals surface area contributed by atoms with Crippen molar-refractivity contribution in [1.82, 2.24) is 9.97 Å². The first kappa shape index (κ1) is 20.4. The van der Waals surface area contributed by atoms with Crippen LogP contribution in [0.4, 0.5) is 11.5 Å². The topological polar surface area (TPSA) is 37.8 Å². The van der Waals surface area contributed by atoms with Crippen molar-refractivity contribution in [3.8, 4) is 0 Å². The van der Waals surface area contributed by atoms with Crippen LogP contribution < -0.4 is 5.32 Å². The lowest BCUT2D eigenvalue weighted by molar-refractivity contribution is 1.19. The van der Waals surface area contributed by atoms with Gasteiger partial charge < -0.3 is 5.32 Å². The predicted octanol–water partition coefficient (Wildman–Crippen LogP) is 7.00. The van der Waals surface area contributed by atoms with Gasteiger partial charge in [-0.05, 0) is 93.1 Å². The molecular formula is C20H23I2N3. The Balaban J connectivity index is 0.00000109. The quantitative estimate of drug-likeness (QED) is 0.344. The molecule has 0 aliphatic carbocycles. The summed E-state index contributed by atoms with van der Waals surface area (Å²) in [4.78, 5) is 8.88. The zero-order valence-electron chi connectivity index (χ0n) is 15.5. The lowest BCUT2D eigenvalue weighted by Crippen LogP contribution is -2.01. The molecule has 0 spiro atoms. The van der Waals surface area contributed by atoms with Gasteiger partial charge in [-0.25, -0.2) is 9.97 Å². The second kappa shape index (κ2) is 8.62. The molecule has 2 aromatic carbocycles. The van der Waals surface area contributed by atoms with Gasteiger partial charge in [0.15, 0.2) is 0 Å². The van der Waals surface area contributed by atoms with Crippen LogP contribution in [0.5, 0.6) is 0 Å². The van der Waals surface area contributed by atoms with Crippen LogP contribution in [0.2, 0.25) is 0 Å². The lowest BCUT2D eigenvalue weighted by Gasteiger charge is -2.16. The van der Waals surface area contributed by atoms with E-state index in [0.29, 0.717) is 0 Å². The normalized spacial score (nSPS) is 10.4. The Morgan fingerprint density at radius 3 is 2.04 bits per heavy atom. The Kier molecular flexibility index (Phi) is 7.01. The maximum absolute atomic E-state index is 4.47. The highest BCUT2D eigenvalue weighted by Gasteiger charge is 2.10. The van der Waals surface area contributed by atoms with E-state index in [-0.39, 0.29) is 0 Å². The highest BCUT2D eigenvalue weighted by atomic mass is 128. The number of nitrogens with one attached hydrogen (secondary N) is 1. The van der Waals surface area contributed by atoms with Crippen molar-refractivity contribution in [2.45, 2.75) is 41.5 Å². The number of fused-ring (bicyclic) bond motifs is 1. The third-order valence-corrected chi connectivity index (χ3v) is 4.99. The van der Waals surface area contributed by atoms with Crippen molar-refractivity contribution in [2.75, 3.05) is 5.32 Å². The summed E-state index contributed by atoms with van der Waals surface area (Å²) < 4.78 is 0. The van der Waals surface area contributed by atoms with Crippen molar-refractivity contribution in [2.24, 2.45) is 0 Å². The standard InChI is InChI=1S/C20H23N3.I2/c1-11-7-17-19(8-12(11)2)21-10-22-20(17)23-18-9-13(3)14(4)15(5)16(18)6;1-2/h7-10H,1-6H3,(H,21,22,23);. The van der Waals surface area contributed by atoms with Gasteiger partial charge in [0, 0.05) is 48.3 Å². The van der Waals surface area contributed by atoms with Crippen LogP contribution in [0.15, 0.2) is 24.5 Å². The van der Waals surface area contributed by atoms with E-state index in [9.17, 15) is 0 Å². The second-order valence-corrected chi connectivity index (χ2v) is 6.42. The van der Waals surface area contributed by atoms with Crippen LogP contribution in [0.3, 0.4) is 0 Å². The molecule has 0 radical (unpaired) electrons. The van der Waals surface area contributed by atoms with E-state index in [4.69, 9.17) is 0 Å². The number of benzene rings is 2. The fraction of sp³-hybridized carbons (Fsp3) is 0.300. The summed E-state index contributed by atoms with van der Waals surface area (Å²) in [6.07, 6.45) is 1.63. The molecule has 0 amide bonds. The van der Waals surface area contributed by atoms with Crippen LogP contribution in [0.25, 0.3) is 10.9 Å². The van der Waals surface area contributed by atoms with Gasteiger partial charge in [0.2, 0.25) is 0 Å². The minimum Gasteiger partial charge on any atom is -0.339 e. The van der Waals surface area contributed by atoms with Crippen molar-refractivity contribution >= 4 is 59.6 Å². The Labute approximate surface area is 173 Å². The highest BCUT2D eigenvalue weighted by molar-refractivity contribution is 15.0. The molecule has 0 unspecified atom stereocenters. The molecule has 0 saturated carbocycles. The van der Waals surface area contributed by atoms with Crippen molar-refractivity contribution in [1.29, 1.82) is 0 Å². The van der Waals surface area contributed by atoms with Crippen molar-refractivity contribution in [3.63, 3.8) is 0 Å². The zero-order valence-corrected chi connectivity index (χ0v) is 19.8. The van der Waals surface area contributed by atoms with Crippen LogP contribution in [-0.2, 0) is 0 Å². The van der Waals surface area contributed by atoms with Crippen molar-refractivity contribution in [3.05, 3.63) is 57.9 Å². The van der Waals surface area contributed by atoms with Gasteiger partial charge in [-0.3, -0.25) is 0 Å². The summed E-state index contributed by atoms with van der Waals surface area (Å²) in [5.41, 5.74) is 9.84. The maximum atomic E-state index is 4.47. The molecule has 0 bridgehead atoms. The van der Waals surface area contributed by atoms with Gasteiger partial charge >= 0.3 is 0 Å². The molecule has 3 aromatic rings. The van der Waals surface area contributed by atoms with E-state index in [1.807, 2.05) is 0 Å². The SMILES string of the molecule is Cc1cc2ncnc(Nc3cc(C)c(C)c(C)c3C)c2cc1C.II. The number of aromatic nitrogens is 2. The Morgan fingerprint density at radius 2 is 1.36 bits per heavy atom. The molecule has 1 aromatic heterocycles. The lowest BCUT2D eigenvalue weighted by atomic mass is 9.97.